The monoisotopic (exact) mass is 348 g/mol. The number of pyridine rings is 1. The Morgan fingerprint density at radius 3 is 2.96 bits per heavy atom. The molecule has 4 rings (SSSR count). The van der Waals surface area contributed by atoms with Crippen molar-refractivity contribution >= 4 is 22.5 Å². The Balaban J connectivity index is 1.36. The lowest BCUT2D eigenvalue weighted by Gasteiger charge is -2.18. The molecule has 3 heterocycles. The van der Waals surface area contributed by atoms with Gasteiger partial charge in [0.05, 0.1) is 18.3 Å². The Labute approximate surface area is 153 Å². The maximum absolute atomic E-state index is 12.5. The van der Waals surface area contributed by atoms with Crippen LogP contribution in [0.4, 0.5) is 5.69 Å². The number of rotatable bonds is 4. The molecule has 5 nitrogen and oxygen atoms in total. The summed E-state index contributed by atoms with van der Waals surface area (Å²) in [6.07, 6.45) is 5.34. The Morgan fingerprint density at radius 1 is 1.27 bits per heavy atom. The van der Waals surface area contributed by atoms with Gasteiger partial charge in [-0.25, -0.2) is 0 Å². The quantitative estimate of drug-likeness (QED) is 0.789. The van der Waals surface area contributed by atoms with Crippen LogP contribution in [0.3, 0.4) is 0 Å². The minimum absolute atomic E-state index is 0.0902. The Morgan fingerprint density at radius 2 is 2.15 bits per heavy atom. The van der Waals surface area contributed by atoms with Crippen molar-refractivity contribution in [1.82, 2.24) is 14.9 Å². The first-order valence-corrected chi connectivity index (χ1v) is 9.09. The van der Waals surface area contributed by atoms with E-state index in [-0.39, 0.29) is 11.9 Å². The van der Waals surface area contributed by atoms with Gasteiger partial charge in [0.1, 0.15) is 0 Å². The predicted molar refractivity (Wildman–Crippen MR) is 104 cm³/mol. The van der Waals surface area contributed by atoms with Crippen LogP contribution in [0.5, 0.6) is 0 Å². The van der Waals surface area contributed by atoms with E-state index in [1.54, 1.807) is 0 Å². The first kappa shape index (κ1) is 16.6. The minimum Gasteiger partial charge on any atom is -0.368 e. The molecule has 1 fully saturated rings. The van der Waals surface area contributed by atoms with E-state index in [2.05, 4.69) is 44.0 Å². The highest BCUT2D eigenvalue weighted by Gasteiger charge is 2.24. The van der Waals surface area contributed by atoms with Gasteiger partial charge < -0.3 is 14.8 Å². The average Bonchev–Trinajstić information content (AvgIpc) is 3.23. The van der Waals surface area contributed by atoms with Crippen LogP contribution in [0, 0.1) is 6.92 Å². The van der Waals surface area contributed by atoms with Crippen molar-refractivity contribution in [3.63, 3.8) is 0 Å². The first-order chi connectivity index (χ1) is 12.6. The van der Waals surface area contributed by atoms with E-state index >= 15 is 0 Å². The fourth-order valence-corrected chi connectivity index (χ4v) is 3.64. The summed E-state index contributed by atoms with van der Waals surface area (Å²) in [4.78, 5) is 19.1. The summed E-state index contributed by atoms with van der Waals surface area (Å²) in [7, 11) is 2.03. The van der Waals surface area contributed by atoms with Crippen molar-refractivity contribution in [2.45, 2.75) is 25.8 Å². The molecule has 5 heteroatoms. The summed E-state index contributed by atoms with van der Waals surface area (Å²) in [6.45, 7) is 3.78. The Kier molecular flexibility index (Phi) is 4.37. The molecule has 1 N–H and O–H groups in total. The molecule has 1 aliphatic rings. The molecule has 0 aliphatic carbocycles. The fraction of sp³-hybridized carbons (Fsp3) is 0.333. The number of aryl methyl sites for hydroxylation is 2. The predicted octanol–water partition coefficient (Wildman–Crippen LogP) is 2.82. The molecule has 1 amide bonds. The fourth-order valence-electron chi connectivity index (χ4n) is 3.64. The van der Waals surface area contributed by atoms with Crippen molar-refractivity contribution in [2.75, 3.05) is 18.0 Å². The minimum atomic E-state index is 0.0902. The van der Waals surface area contributed by atoms with Crippen LogP contribution < -0.4 is 10.2 Å². The number of benzene rings is 1. The molecule has 2 aromatic heterocycles. The summed E-state index contributed by atoms with van der Waals surface area (Å²) in [6, 6.07) is 12.6. The number of amides is 1. The summed E-state index contributed by atoms with van der Waals surface area (Å²) >= 11 is 0. The molecule has 26 heavy (non-hydrogen) atoms. The molecule has 0 unspecified atom stereocenters. The van der Waals surface area contributed by atoms with Crippen LogP contribution in [0.25, 0.3) is 10.9 Å². The summed E-state index contributed by atoms with van der Waals surface area (Å²) in [5.74, 6) is 0.0902. The molecule has 0 bridgehead atoms. The van der Waals surface area contributed by atoms with Gasteiger partial charge in [-0.3, -0.25) is 9.78 Å². The van der Waals surface area contributed by atoms with Crippen molar-refractivity contribution < 1.29 is 4.79 Å². The second-order valence-corrected chi connectivity index (χ2v) is 7.15. The van der Waals surface area contributed by atoms with Crippen LogP contribution >= 0.6 is 0 Å². The third kappa shape index (κ3) is 3.43. The van der Waals surface area contributed by atoms with E-state index in [1.807, 2.05) is 38.5 Å². The van der Waals surface area contributed by atoms with E-state index in [0.717, 1.165) is 42.0 Å². The normalized spacial score (nSPS) is 17.0. The number of hydrogen-bond donors (Lipinski definition) is 1. The zero-order valence-electron chi connectivity index (χ0n) is 15.3. The molecule has 134 valence electrons. The van der Waals surface area contributed by atoms with Crippen LogP contribution in [0.1, 0.15) is 17.7 Å². The molecule has 0 spiro atoms. The number of nitrogens with one attached hydrogen (secondary N) is 1. The van der Waals surface area contributed by atoms with Crippen LogP contribution in [0.2, 0.25) is 0 Å². The van der Waals surface area contributed by atoms with Gasteiger partial charge in [0.15, 0.2) is 0 Å². The van der Waals surface area contributed by atoms with Gasteiger partial charge in [-0.1, -0.05) is 12.1 Å². The molecule has 0 saturated carbocycles. The number of nitrogens with zero attached hydrogens (tertiary/aromatic N) is 3. The lowest BCUT2D eigenvalue weighted by Crippen LogP contribution is -2.38. The Hall–Kier alpha value is -2.82. The van der Waals surface area contributed by atoms with E-state index in [0.29, 0.717) is 6.42 Å². The zero-order chi connectivity index (χ0) is 18.1. The summed E-state index contributed by atoms with van der Waals surface area (Å²) in [5, 5.41) is 4.39. The smallest absolute Gasteiger partial charge is 0.224 e. The van der Waals surface area contributed by atoms with E-state index < -0.39 is 0 Å². The number of hydrogen-bond acceptors (Lipinski definition) is 3. The van der Waals surface area contributed by atoms with Gasteiger partial charge in [0.2, 0.25) is 5.91 Å². The van der Waals surface area contributed by atoms with Crippen molar-refractivity contribution in [2.24, 2.45) is 7.05 Å². The number of aromatic nitrogens is 2. The van der Waals surface area contributed by atoms with Crippen LogP contribution in [-0.2, 0) is 18.3 Å². The van der Waals surface area contributed by atoms with E-state index in [9.17, 15) is 4.79 Å². The van der Waals surface area contributed by atoms with E-state index in [4.69, 9.17) is 0 Å². The molecule has 3 aromatic rings. The van der Waals surface area contributed by atoms with Crippen LogP contribution in [-0.4, -0.2) is 34.6 Å². The van der Waals surface area contributed by atoms with Gasteiger partial charge in [-0.15, -0.1) is 0 Å². The largest absolute Gasteiger partial charge is 0.368 e. The first-order valence-electron chi connectivity index (χ1n) is 9.09. The van der Waals surface area contributed by atoms with E-state index in [1.165, 1.54) is 5.39 Å². The van der Waals surface area contributed by atoms with Gasteiger partial charge in [0, 0.05) is 43.6 Å². The number of fused-ring (bicyclic) bond motifs is 1. The third-order valence-corrected chi connectivity index (χ3v) is 5.13. The molecular formula is C21H24N4O. The Bertz CT molecular complexity index is 929. The maximum Gasteiger partial charge on any atom is 0.224 e. The molecule has 1 aromatic carbocycles. The average molecular weight is 348 g/mol. The maximum atomic E-state index is 12.5. The van der Waals surface area contributed by atoms with Gasteiger partial charge in [-0.2, -0.15) is 0 Å². The SMILES string of the molecule is Cc1ccc(N2CC[C@@H](NC(=O)Cc3ccc4ccn(C)c4c3)C2)cn1. The third-order valence-electron chi connectivity index (χ3n) is 5.13. The molecule has 1 aliphatic heterocycles. The van der Waals surface area contributed by atoms with Gasteiger partial charge in [-0.05, 0) is 48.6 Å². The summed E-state index contributed by atoms with van der Waals surface area (Å²) in [5.41, 5.74) is 4.36. The van der Waals surface area contributed by atoms with Crippen molar-refractivity contribution in [1.29, 1.82) is 0 Å². The highest BCUT2D eigenvalue weighted by atomic mass is 16.1. The number of carbonyl (C=O) groups is 1. The highest BCUT2D eigenvalue weighted by Crippen LogP contribution is 2.20. The summed E-state index contributed by atoms with van der Waals surface area (Å²) < 4.78 is 2.08. The number of anilines is 1. The molecular weight excluding hydrogens is 324 g/mol. The highest BCUT2D eigenvalue weighted by molar-refractivity contribution is 5.84. The zero-order valence-corrected chi connectivity index (χ0v) is 15.3. The molecule has 0 radical (unpaired) electrons. The second kappa shape index (κ2) is 6.83. The number of carbonyl (C=O) groups excluding carboxylic acids is 1. The van der Waals surface area contributed by atoms with Gasteiger partial charge in [0.25, 0.3) is 0 Å². The van der Waals surface area contributed by atoms with Gasteiger partial charge >= 0.3 is 0 Å². The standard InChI is InChI=1S/C21H24N4O/c1-15-3-6-19(13-22-15)25-10-8-18(14-25)23-21(26)12-16-4-5-17-7-9-24(2)20(17)11-16/h3-7,9,11,13,18H,8,10,12,14H2,1-2H3,(H,23,26)/t18-/m1/s1. The topological polar surface area (TPSA) is 50.2 Å². The second-order valence-electron chi connectivity index (χ2n) is 7.15. The van der Waals surface area contributed by atoms with Crippen molar-refractivity contribution in [3.8, 4) is 0 Å². The molecule has 1 saturated heterocycles. The lowest BCUT2D eigenvalue weighted by atomic mass is 10.1. The molecule has 1 atom stereocenters. The van der Waals surface area contributed by atoms with Crippen molar-refractivity contribution in [3.05, 3.63) is 60.0 Å². The van der Waals surface area contributed by atoms with Crippen LogP contribution in [0.15, 0.2) is 48.8 Å². The lowest BCUT2D eigenvalue weighted by molar-refractivity contribution is -0.121.